The van der Waals surface area contributed by atoms with Crippen molar-refractivity contribution in [3.05, 3.63) is 64.2 Å². The number of ketones is 1. The molecule has 136 valence electrons. The molecule has 0 saturated carbocycles. The highest BCUT2D eigenvalue weighted by molar-refractivity contribution is 7.99. The first kappa shape index (κ1) is 17.5. The Morgan fingerprint density at radius 1 is 1.07 bits per heavy atom. The summed E-state index contributed by atoms with van der Waals surface area (Å²) in [6.07, 6.45) is 1.07. The van der Waals surface area contributed by atoms with Gasteiger partial charge in [0.25, 0.3) is 5.56 Å². The number of nitrogens with zero attached hydrogens (tertiary/aromatic N) is 2. The molecule has 4 rings (SSSR count). The van der Waals surface area contributed by atoms with Gasteiger partial charge in [0.15, 0.2) is 16.8 Å². The average Bonchev–Trinajstić information content (AvgIpc) is 3.08. The number of rotatable bonds is 6. The molecule has 7 heteroatoms. The summed E-state index contributed by atoms with van der Waals surface area (Å²) in [5, 5.41) is 1.16. The Hall–Kier alpha value is -2.93. The van der Waals surface area contributed by atoms with E-state index in [9.17, 15) is 9.59 Å². The lowest BCUT2D eigenvalue weighted by atomic mass is 10.2. The molecule has 0 unspecified atom stereocenters. The van der Waals surface area contributed by atoms with Gasteiger partial charge in [-0.1, -0.05) is 30.0 Å². The number of hydrogen-bond acceptors (Lipinski definition) is 5. The van der Waals surface area contributed by atoms with E-state index in [4.69, 9.17) is 0 Å². The number of aryl methyl sites for hydroxylation is 1. The summed E-state index contributed by atoms with van der Waals surface area (Å²) < 4.78 is 0. The van der Waals surface area contributed by atoms with Crippen LogP contribution < -0.4 is 5.56 Å². The summed E-state index contributed by atoms with van der Waals surface area (Å²) >= 11 is 1.44. The highest BCUT2D eigenvalue weighted by Crippen LogP contribution is 2.18. The quantitative estimate of drug-likeness (QED) is 0.230. The molecule has 0 bridgehead atoms. The first-order valence-corrected chi connectivity index (χ1v) is 9.70. The number of carbonyl (C=O) groups excluding carboxylic acids is 1. The van der Waals surface area contributed by atoms with Crippen LogP contribution in [0.2, 0.25) is 0 Å². The van der Waals surface area contributed by atoms with Crippen LogP contribution in [0.5, 0.6) is 0 Å². The number of carbonyl (C=O) groups is 1. The van der Waals surface area contributed by atoms with Crippen molar-refractivity contribution in [3.8, 4) is 0 Å². The third kappa shape index (κ3) is 3.78. The van der Waals surface area contributed by atoms with E-state index in [0.717, 1.165) is 16.6 Å². The second kappa shape index (κ2) is 7.36. The largest absolute Gasteiger partial charge is 0.335 e. The summed E-state index contributed by atoms with van der Waals surface area (Å²) in [5.41, 5.74) is 3.34. The van der Waals surface area contributed by atoms with Crippen molar-refractivity contribution in [2.75, 3.05) is 5.75 Å². The Kier molecular flexibility index (Phi) is 4.77. The molecule has 0 aliphatic rings. The van der Waals surface area contributed by atoms with E-state index in [2.05, 4.69) is 19.9 Å². The maximum atomic E-state index is 12.4. The lowest BCUT2D eigenvalue weighted by Gasteiger charge is -2.02. The van der Waals surface area contributed by atoms with Crippen LogP contribution in [-0.4, -0.2) is 31.5 Å². The number of nitrogens with one attached hydrogen (secondary N) is 2. The minimum Gasteiger partial charge on any atom is -0.335 e. The summed E-state index contributed by atoms with van der Waals surface area (Å²) in [7, 11) is 0. The topological polar surface area (TPSA) is 91.5 Å². The molecule has 6 nitrogen and oxygen atoms in total. The normalized spacial score (nSPS) is 11.3. The minimum atomic E-state index is -0.142. The van der Waals surface area contributed by atoms with Gasteiger partial charge in [-0.05, 0) is 43.2 Å². The molecule has 0 atom stereocenters. The fourth-order valence-corrected chi connectivity index (χ4v) is 3.72. The molecule has 0 saturated heterocycles. The molecule has 0 fully saturated rings. The van der Waals surface area contributed by atoms with Gasteiger partial charge in [0.1, 0.15) is 0 Å². The predicted molar refractivity (Wildman–Crippen MR) is 107 cm³/mol. The Balaban J connectivity index is 1.36. The number of H-pyrrole nitrogens is 2. The molecule has 4 aromatic rings. The van der Waals surface area contributed by atoms with Crippen molar-refractivity contribution >= 4 is 39.5 Å². The molecule has 0 aliphatic carbocycles. The Labute approximate surface area is 159 Å². The number of aromatic nitrogens is 4. The second-order valence-corrected chi connectivity index (χ2v) is 7.45. The van der Waals surface area contributed by atoms with Crippen molar-refractivity contribution in [2.24, 2.45) is 0 Å². The maximum Gasteiger partial charge on any atom is 0.259 e. The van der Waals surface area contributed by atoms with Gasteiger partial charge in [-0.15, -0.1) is 0 Å². The van der Waals surface area contributed by atoms with Crippen LogP contribution in [-0.2, 0) is 0 Å². The molecule has 27 heavy (non-hydrogen) atoms. The molecule has 0 aliphatic heterocycles. The lowest BCUT2D eigenvalue weighted by Crippen LogP contribution is -2.09. The summed E-state index contributed by atoms with van der Waals surface area (Å²) in [4.78, 5) is 39.1. The van der Waals surface area contributed by atoms with Crippen LogP contribution in [0, 0.1) is 6.92 Å². The minimum absolute atomic E-state index is 0.00980. The average molecular weight is 378 g/mol. The van der Waals surface area contributed by atoms with Crippen LogP contribution in [0.4, 0.5) is 0 Å². The van der Waals surface area contributed by atoms with E-state index < -0.39 is 0 Å². The van der Waals surface area contributed by atoms with Crippen molar-refractivity contribution in [1.29, 1.82) is 0 Å². The molecule has 0 spiro atoms. The van der Waals surface area contributed by atoms with E-state index in [-0.39, 0.29) is 11.3 Å². The van der Waals surface area contributed by atoms with E-state index >= 15 is 0 Å². The number of imidazole rings is 1. The van der Waals surface area contributed by atoms with E-state index in [1.54, 1.807) is 6.07 Å². The first-order chi connectivity index (χ1) is 13.1. The van der Waals surface area contributed by atoms with Crippen molar-refractivity contribution in [3.63, 3.8) is 0 Å². The number of thioether (sulfide) groups is 1. The van der Waals surface area contributed by atoms with Crippen molar-refractivity contribution in [2.45, 2.75) is 24.9 Å². The van der Waals surface area contributed by atoms with Gasteiger partial charge < -0.3 is 9.97 Å². The summed E-state index contributed by atoms with van der Waals surface area (Å²) in [6, 6.07) is 13.1. The highest BCUT2D eigenvalue weighted by Gasteiger charge is 2.12. The van der Waals surface area contributed by atoms with Gasteiger partial charge in [-0.2, -0.15) is 0 Å². The van der Waals surface area contributed by atoms with Crippen LogP contribution in [0.3, 0.4) is 0 Å². The zero-order valence-electron chi connectivity index (χ0n) is 14.8. The molecule has 0 amide bonds. The lowest BCUT2D eigenvalue weighted by molar-refractivity contribution is 0.0973. The Morgan fingerprint density at radius 2 is 1.93 bits per heavy atom. The number of hydrogen-bond donors (Lipinski definition) is 2. The predicted octanol–water partition coefficient (Wildman–Crippen LogP) is 3.86. The van der Waals surface area contributed by atoms with Gasteiger partial charge in [-0.3, -0.25) is 9.59 Å². The maximum absolute atomic E-state index is 12.4. The molecule has 2 heterocycles. The van der Waals surface area contributed by atoms with Crippen LogP contribution in [0.1, 0.15) is 29.0 Å². The first-order valence-electron chi connectivity index (χ1n) is 8.71. The fourth-order valence-electron chi connectivity index (χ4n) is 2.91. The van der Waals surface area contributed by atoms with Gasteiger partial charge in [0, 0.05) is 12.2 Å². The van der Waals surface area contributed by atoms with E-state index in [1.165, 1.54) is 11.8 Å². The smallest absolute Gasteiger partial charge is 0.259 e. The molecule has 2 aromatic carbocycles. The Bertz CT molecular complexity index is 1200. The number of fused-ring (bicyclic) bond motifs is 2. The highest BCUT2D eigenvalue weighted by atomic mass is 32.2. The summed E-state index contributed by atoms with van der Waals surface area (Å²) in [5.74, 6) is 1.08. The van der Waals surface area contributed by atoms with Gasteiger partial charge in [-0.25, -0.2) is 9.97 Å². The van der Waals surface area contributed by atoms with Gasteiger partial charge in [0.05, 0.1) is 21.9 Å². The van der Waals surface area contributed by atoms with Crippen molar-refractivity contribution in [1.82, 2.24) is 19.9 Å². The fraction of sp³-hybridized carbons (Fsp3) is 0.200. The van der Waals surface area contributed by atoms with Crippen LogP contribution in [0.25, 0.3) is 21.9 Å². The molecule has 2 N–H and O–H groups in total. The van der Waals surface area contributed by atoms with E-state index in [0.29, 0.717) is 40.5 Å². The van der Waals surface area contributed by atoms with Crippen LogP contribution in [0.15, 0.2) is 52.4 Å². The number of para-hydroxylation sites is 1. The molecular weight excluding hydrogens is 360 g/mol. The SMILES string of the molecule is Cc1ccc2nc(C(=O)CCCSc3nc4ccccc4c(=O)[nH]3)[nH]c2c1. The molecule has 2 aromatic heterocycles. The number of Topliss-reactive ketones (excluding diaryl/α,β-unsaturated/α-hetero) is 1. The third-order valence-electron chi connectivity index (χ3n) is 4.28. The number of benzene rings is 2. The summed E-state index contributed by atoms with van der Waals surface area (Å²) in [6.45, 7) is 2.00. The van der Waals surface area contributed by atoms with Gasteiger partial charge in [0.2, 0.25) is 0 Å². The van der Waals surface area contributed by atoms with Crippen molar-refractivity contribution < 1.29 is 4.79 Å². The Morgan fingerprint density at radius 3 is 2.81 bits per heavy atom. The zero-order chi connectivity index (χ0) is 18.8. The standard InChI is InChI=1S/C20H18N4O2S/c1-12-8-9-15-16(11-12)22-18(21-15)17(25)7-4-10-27-20-23-14-6-3-2-5-13(14)19(26)24-20/h2-3,5-6,8-9,11H,4,7,10H2,1H3,(H,21,22)(H,23,24,26). The van der Waals surface area contributed by atoms with E-state index in [1.807, 2.05) is 43.3 Å². The molecule has 0 radical (unpaired) electrons. The zero-order valence-corrected chi connectivity index (χ0v) is 15.6. The number of aromatic amines is 2. The van der Waals surface area contributed by atoms with Gasteiger partial charge >= 0.3 is 0 Å². The molecular formula is C20H18N4O2S. The third-order valence-corrected chi connectivity index (χ3v) is 5.24. The second-order valence-electron chi connectivity index (χ2n) is 6.37. The monoisotopic (exact) mass is 378 g/mol. The van der Waals surface area contributed by atoms with Crippen LogP contribution >= 0.6 is 11.8 Å².